The first-order valence-electron chi connectivity index (χ1n) is 7.28. The van der Waals surface area contributed by atoms with E-state index in [4.69, 9.17) is 0 Å². The Labute approximate surface area is 116 Å². The first kappa shape index (κ1) is 14.5. The van der Waals surface area contributed by atoms with Crippen LogP contribution in [0.5, 0.6) is 0 Å². The van der Waals surface area contributed by atoms with Crippen molar-refractivity contribution >= 4 is 0 Å². The van der Waals surface area contributed by atoms with Crippen LogP contribution in [0.1, 0.15) is 31.7 Å². The maximum atomic E-state index is 13.7. The van der Waals surface area contributed by atoms with Crippen LogP contribution in [-0.2, 0) is 6.54 Å². The fraction of sp³-hybridized carbons (Fsp3) is 0.625. The molecule has 0 amide bonds. The van der Waals surface area contributed by atoms with Crippen molar-refractivity contribution in [2.45, 2.75) is 32.7 Å². The minimum atomic E-state index is -0.0957. The predicted molar refractivity (Wildman–Crippen MR) is 77.6 cm³/mol. The molecule has 0 bridgehead atoms. The van der Waals surface area contributed by atoms with Crippen LogP contribution < -0.4 is 5.32 Å². The molecule has 1 saturated heterocycles. The Hall–Kier alpha value is -0.930. The Morgan fingerprint density at radius 3 is 2.79 bits per heavy atom. The van der Waals surface area contributed by atoms with Gasteiger partial charge in [0.15, 0.2) is 0 Å². The zero-order valence-corrected chi connectivity index (χ0v) is 12.1. The summed E-state index contributed by atoms with van der Waals surface area (Å²) in [5, 5.41) is 3.51. The molecule has 1 aromatic rings. The maximum Gasteiger partial charge on any atom is 0.127 e. The monoisotopic (exact) mass is 264 g/mol. The zero-order valence-electron chi connectivity index (χ0n) is 12.1. The van der Waals surface area contributed by atoms with E-state index in [-0.39, 0.29) is 5.82 Å². The second-order valence-electron chi connectivity index (χ2n) is 5.90. The summed E-state index contributed by atoms with van der Waals surface area (Å²) in [5.41, 5.74) is 1.15. The molecule has 1 aliphatic heterocycles. The highest BCUT2D eigenvalue weighted by Crippen LogP contribution is 2.31. The molecule has 0 aliphatic carbocycles. The molecule has 1 atom stereocenters. The van der Waals surface area contributed by atoms with Crippen LogP contribution in [-0.4, -0.2) is 31.6 Å². The molecule has 2 nitrogen and oxygen atoms in total. The molecule has 3 heteroatoms. The number of piperidine rings is 1. The van der Waals surface area contributed by atoms with Crippen LogP contribution in [0.25, 0.3) is 0 Å². The van der Waals surface area contributed by atoms with Gasteiger partial charge in [-0.25, -0.2) is 4.39 Å². The van der Waals surface area contributed by atoms with Crippen molar-refractivity contribution in [1.29, 1.82) is 0 Å². The SMILES string of the molecule is CCC1(CN(C)Cc2ccccc2F)CCCNC1. The third-order valence-electron chi connectivity index (χ3n) is 4.31. The van der Waals surface area contributed by atoms with Gasteiger partial charge in [-0.3, -0.25) is 0 Å². The predicted octanol–water partition coefficient (Wildman–Crippen LogP) is 3.04. The highest BCUT2D eigenvalue weighted by atomic mass is 19.1. The molecule has 1 N–H and O–H groups in total. The molecular formula is C16H25FN2. The third kappa shape index (κ3) is 3.77. The van der Waals surface area contributed by atoms with Gasteiger partial charge < -0.3 is 10.2 Å². The van der Waals surface area contributed by atoms with Gasteiger partial charge >= 0.3 is 0 Å². The smallest absolute Gasteiger partial charge is 0.127 e. The van der Waals surface area contributed by atoms with Crippen molar-refractivity contribution in [2.75, 3.05) is 26.7 Å². The molecule has 1 fully saturated rings. The van der Waals surface area contributed by atoms with Crippen LogP contribution in [0.15, 0.2) is 24.3 Å². The lowest BCUT2D eigenvalue weighted by Crippen LogP contribution is -2.46. The van der Waals surface area contributed by atoms with Crippen molar-refractivity contribution in [3.05, 3.63) is 35.6 Å². The van der Waals surface area contributed by atoms with Gasteiger partial charge in [-0.05, 0) is 44.3 Å². The Balaban J connectivity index is 1.96. The average Bonchev–Trinajstić information content (AvgIpc) is 2.42. The highest BCUT2D eigenvalue weighted by Gasteiger charge is 2.31. The van der Waals surface area contributed by atoms with E-state index in [1.54, 1.807) is 12.1 Å². The van der Waals surface area contributed by atoms with E-state index < -0.39 is 0 Å². The van der Waals surface area contributed by atoms with E-state index >= 15 is 0 Å². The van der Waals surface area contributed by atoms with Gasteiger partial charge in [-0.2, -0.15) is 0 Å². The Kier molecular flexibility index (Phi) is 4.94. The molecule has 0 saturated carbocycles. The molecule has 1 unspecified atom stereocenters. The normalized spacial score (nSPS) is 23.8. The van der Waals surface area contributed by atoms with E-state index in [2.05, 4.69) is 24.2 Å². The summed E-state index contributed by atoms with van der Waals surface area (Å²) in [5.74, 6) is -0.0957. The largest absolute Gasteiger partial charge is 0.316 e. The number of nitrogens with one attached hydrogen (secondary N) is 1. The van der Waals surface area contributed by atoms with Crippen molar-refractivity contribution in [3.63, 3.8) is 0 Å². The van der Waals surface area contributed by atoms with Crippen LogP contribution in [0.3, 0.4) is 0 Å². The number of nitrogens with zero attached hydrogens (tertiary/aromatic N) is 1. The van der Waals surface area contributed by atoms with Gasteiger partial charge in [0.05, 0.1) is 0 Å². The molecule has 0 spiro atoms. The molecule has 1 aromatic carbocycles. The van der Waals surface area contributed by atoms with E-state index in [0.29, 0.717) is 12.0 Å². The zero-order chi connectivity index (χ0) is 13.7. The minimum absolute atomic E-state index is 0.0957. The van der Waals surface area contributed by atoms with E-state index in [1.807, 2.05) is 12.1 Å². The summed E-state index contributed by atoms with van der Waals surface area (Å²) < 4.78 is 13.7. The Morgan fingerprint density at radius 2 is 2.16 bits per heavy atom. The molecule has 0 aromatic heterocycles. The van der Waals surface area contributed by atoms with E-state index in [0.717, 1.165) is 25.2 Å². The van der Waals surface area contributed by atoms with Crippen molar-refractivity contribution in [3.8, 4) is 0 Å². The standard InChI is InChI=1S/C16H25FN2/c1-3-16(9-6-10-18-12-16)13-19(2)11-14-7-4-5-8-15(14)17/h4-5,7-8,18H,3,6,9-13H2,1-2H3. The summed E-state index contributed by atoms with van der Waals surface area (Å²) in [6, 6.07) is 7.08. The highest BCUT2D eigenvalue weighted by molar-refractivity contribution is 5.17. The summed E-state index contributed by atoms with van der Waals surface area (Å²) >= 11 is 0. The van der Waals surface area contributed by atoms with Gasteiger partial charge in [0.2, 0.25) is 0 Å². The molecule has 0 radical (unpaired) electrons. The van der Waals surface area contributed by atoms with Crippen molar-refractivity contribution in [1.82, 2.24) is 10.2 Å². The fourth-order valence-corrected chi connectivity index (χ4v) is 3.12. The summed E-state index contributed by atoms with van der Waals surface area (Å²) in [4.78, 5) is 2.26. The summed E-state index contributed by atoms with van der Waals surface area (Å²) in [6.45, 7) is 6.22. The van der Waals surface area contributed by atoms with Gasteiger partial charge in [0.25, 0.3) is 0 Å². The maximum absolute atomic E-state index is 13.7. The van der Waals surface area contributed by atoms with Crippen molar-refractivity contribution < 1.29 is 4.39 Å². The second-order valence-corrected chi connectivity index (χ2v) is 5.90. The first-order chi connectivity index (χ1) is 9.15. The lowest BCUT2D eigenvalue weighted by molar-refractivity contribution is 0.124. The molecule has 2 rings (SSSR count). The van der Waals surface area contributed by atoms with E-state index in [1.165, 1.54) is 19.3 Å². The molecule has 1 aliphatic rings. The number of halogens is 1. The Bertz CT molecular complexity index is 399. The minimum Gasteiger partial charge on any atom is -0.316 e. The first-order valence-corrected chi connectivity index (χ1v) is 7.28. The lowest BCUT2D eigenvalue weighted by atomic mass is 9.78. The molecule has 19 heavy (non-hydrogen) atoms. The van der Waals surface area contributed by atoms with E-state index in [9.17, 15) is 4.39 Å². The second kappa shape index (κ2) is 6.49. The van der Waals surface area contributed by atoms with Crippen LogP contribution in [0, 0.1) is 11.2 Å². The third-order valence-corrected chi connectivity index (χ3v) is 4.31. The van der Waals surface area contributed by atoms with Crippen molar-refractivity contribution in [2.24, 2.45) is 5.41 Å². The van der Waals surface area contributed by atoms with Gasteiger partial charge in [0, 0.05) is 25.2 Å². The number of rotatable bonds is 5. The Morgan fingerprint density at radius 1 is 1.37 bits per heavy atom. The van der Waals surface area contributed by atoms with Gasteiger partial charge in [-0.1, -0.05) is 25.1 Å². The molecular weight excluding hydrogens is 239 g/mol. The topological polar surface area (TPSA) is 15.3 Å². The lowest BCUT2D eigenvalue weighted by Gasteiger charge is -2.40. The molecule has 1 heterocycles. The summed E-state index contributed by atoms with van der Waals surface area (Å²) in [6.07, 6.45) is 3.71. The van der Waals surface area contributed by atoms with Gasteiger partial charge in [-0.15, -0.1) is 0 Å². The van der Waals surface area contributed by atoms with Crippen LogP contribution in [0.4, 0.5) is 4.39 Å². The summed E-state index contributed by atoms with van der Waals surface area (Å²) in [7, 11) is 2.10. The number of hydrogen-bond donors (Lipinski definition) is 1. The van der Waals surface area contributed by atoms with Crippen LogP contribution >= 0.6 is 0 Å². The molecule has 106 valence electrons. The average molecular weight is 264 g/mol. The quantitative estimate of drug-likeness (QED) is 0.879. The van der Waals surface area contributed by atoms with Crippen LogP contribution in [0.2, 0.25) is 0 Å². The fourth-order valence-electron chi connectivity index (χ4n) is 3.12. The number of hydrogen-bond acceptors (Lipinski definition) is 2. The number of benzene rings is 1. The van der Waals surface area contributed by atoms with Gasteiger partial charge in [0.1, 0.15) is 5.82 Å².